The lowest BCUT2D eigenvalue weighted by Gasteiger charge is -2.45. The van der Waals surface area contributed by atoms with E-state index in [0.717, 1.165) is 0 Å². The lowest BCUT2D eigenvalue weighted by Crippen LogP contribution is -2.51. The molecule has 3 N–H and O–H groups in total. The van der Waals surface area contributed by atoms with Crippen LogP contribution in [0.4, 0.5) is 0 Å². The minimum absolute atomic E-state index is 0.00991. The van der Waals surface area contributed by atoms with Gasteiger partial charge in [-0.1, -0.05) is 48.5 Å². The summed E-state index contributed by atoms with van der Waals surface area (Å²) in [7, 11) is 0. The summed E-state index contributed by atoms with van der Waals surface area (Å²) in [6, 6.07) is 0. The summed E-state index contributed by atoms with van der Waals surface area (Å²) < 4.78 is 30.7. The Kier molecular flexibility index (Phi) is 12.1. The van der Waals surface area contributed by atoms with E-state index >= 15 is 0 Å². The van der Waals surface area contributed by atoms with Gasteiger partial charge in [-0.05, 0) is 41.4 Å². The lowest BCUT2D eigenvalue weighted by molar-refractivity contribution is -0.198. The van der Waals surface area contributed by atoms with Crippen molar-refractivity contribution in [2.24, 2.45) is 53.3 Å². The van der Waals surface area contributed by atoms with Crippen molar-refractivity contribution in [2.75, 3.05) is 52.9 Å². The Labute approximate surface area is 224 Å². The second-order valence-electron chi connectivity index (χ2n) is 12.4. The number of hydrogen-bond acceptors (Lipinski definition) is 8. The average Bonchev–Trinajstić information content (AvgIpc) is 2.89. The van der Waals surface area contributed by atoms with E-state index in [1.807, 2.05) is 0 Å². The zero-order valence-corrected chi connectivity index (χ0v) is 24.1. The maximum absolute atomic E-state index is 10.1. The molecule has 0 spiro atoms. The van der Waals surface area contributed by atoms with Gasteiger partial charge in [0.05, 0.1) is 76.8 Å². The SMILES string of the molecule is CC1COC(CO)C(COCC2OC(CO)C(COCC3OC(CO)C(C)C(C)C3C)C(C)C2C)C1C. The van der Waals surface area contributed by atoms with Crippen LogP contribution in [0.1, 0.15) is 48.5 Å². The molecule has 8 nitrogen and oxygen atoms in total. The van der Waals surface area contributed by atoms with E-state index in [2.05, 4.69) is 48.5 Å². The first kappa shape index (κ1) is 31.2. The fourth-order valence-corrected chi connectivity index (χ4v) is 6.57. The van der Waals surface area contributed by atoms with Gasteiger partial charge in [0.1, 0.15) is 0 Å². The van der Waals surface area contributed by atoms with Crippen LogP contribution in [0.25, 0.3) is 0 Å². The fraction of sp³-hybridized carbons (Fsp3) is 1.00. The van der Waals surface area contributed by atoms with E-state index in [1.165, 1.54) is 0 Å². The number of aliphatic hydroxyl groups is 3. The van der Waals surface area contributed by atoms with Gasteiger partial charge in [0.25, 0.3) is 0 Å². The van der Waals surface area contributed by atoms with Crippen molar-refractivity contribution >= 4 is 0 Å². The van der Waals surface area contributed by atoms with Crippen molar-refractivity contribution in [3.8, 4) is 0 Å². The third kappa shape index (κ3) is 7.26. The molecule has 0 aromatic heterocycles. The Morgan fingerprint density at radius 1 is 0.514 bits per heavy atom. The molecular formula is C29H54O8. The molecule has 0 aliphatic carbocycles. The molecule has 3 rings (SSSR count). The first-order valence-corrected chi connectivity index (χ1v) is 14.5. The number of aliphatic hydroxyl groups excluding tert-OH is 3. The van der Waals surface area contributed by atoms with E-state index in [1.54, 1.807) is 0 Å². The minimum atomic E-state index is -0.309. The number of ether oxygens (including phenoxy) is 5. The van der Waals surface area contributed by atoms with Crippen LogP contribution in [-0.4, -0.2) is 98.7 Å². The molecule has 218 valence electrons. The van der Waals surface area contributed by atoms with Crippen LogP contribution < -0.4 is 0 Å². The highest BCUT2D eigenvalue weighted by Crippen LogP contribution is 2.38. The zero-order chi connectivity index (χ0) is 27.3. The summed E-state index contributed by atoms with van der Waals surface area (Å²) in [6.45, 7) is 18.0. The molecule has 3 saturated heterocycles. The molecular weight excluding hydrogens is 476 g/mol. The van der Waals surface area contributed by atoms with E-state index in [4.69, 9.17) is 23.7 Å². The van der Waals surface area contributed by atoms with Crippen LogP contribution in [0.15, 0.2) is 0 Å². The highest BCUT2D eigenvalue weighted by molar-refractivity contribution is 4.90. The quantitative estimate of drug-likeness (QED) is 0.374. The van der Waals surface area contributed by atoms with Crippen molar-refractivity contribution in [3.63, 3.8) is 0 Å². The molecule has 0 radical (unpaired) electrons. The van der Waals surface area contributed by atoms with E-state index in [0.29, 0.717) is 62.6 Å². The van der Waals surface area contributed by atoms with Crippen LogP contribution >= 0.6 is 0 Å². The predicted molar refractivity (Wildman–Crippen MR) is 141 cm³/mol. The van der Waals surface area contributed by atoms with Gasteiger partial charge in [-0.25, -0.2) is 0 Å². The third-order valence-corrected chi connectivity index (χ3v) is 10.4. The smallest absolute Gasteiger partial charge is 0.0863 e. The molecule has 14 unspecified atom stereocenters. The van der Waals surface area contributed by atoms with Gasteiger partial charge in [-0.2, -0.15) is 0 Å². The largest absolute Gasteiger partial charge is 0.394 e. The van der Waals surface area contributed by atoms with Gasteiger partial charge in [0, 0.05) is 18.4 Å². The van der Waals surface area contributed by atoms with Crippen molar-refractivity contribution in [3.05, 3.63) is 0 Å². The molecule has 3 aliphatic rings. The maximum Gasteiger partial charge on any atom is 0.0863 e. The van der Waals surface area contributed by atoms with Crippen molar-refractivity contribution in [1.29, 1.82) is 0 Å². The Bertz CT molecular complexity index is 658. The summed E-state index contributed by atoms with van der Waals surface area (Å²) >= 11 is 0. The second kappa shape index (κ2) is 14.4. The normalized spacial score (nSPS) is 47.2. The van der Waals surface area contributed by atoms with Crippen LogP contribution in [0.3, 0.4) is 0 Å². The second-order valence-corrected chi connectivity index (χ2v) is 12.4. The zero-order valence-electron chi connectivity index (χ0n) is 24.1. The summed E-state index contributed by atoms with van der Waals surface area (Å²) in [4.78, 5) is 0. The van der Waals surface area contributed by atoms with Gasteiger partial charge in [0.2, 0.25) is 0 Å². The molecule has 0 bridgehead atoms. The monoisotopic (exact) mass is 530 g/mol. The van der Waals surface area contributed by atoms with Gasteiger partial charge < -0.3 is 39.0 Å². The van der Waals surface area contributed by atoms with Crippen molar-refractivity contribution in [1.82, 2.24) is 0 Å². The van der Waals surface area contributed by atoms with E-state index < -0.39 is 0 Å². The molecule has 8 heteroatoms. The Hall–Kier alpha value is -0.320. The molecule has 3 fully saturated rings. The molecule has 0 aromatic rings. The molecule has 3 heterocycles. The van der Waals surface area contributed by atoms with E-state index in [-0.39, 0.29) is 74.0 Å². The average molecular weight is 531 g/mol. The molecule has 3 aliphatic heterocycles. The van der Waals surface area contributed by atoms with Crippen LogP contribution in [0, 0.1) is 53.3 Å². The van der Waals surface area contributed by atoms with Gasteiger partial charge in [-0.15, -0.1) is 0 Å². The summed E-state index contributed by atoms with van der Waals surface area (Å²) in [5.41, 5.74) is 0. The van der Waals surface area contributed by atoms with Crippen molar-refractivity contribution < 1.29 is 39.0 Å². The molecule has 0 amide bonds. The predicted octanol–water partition coefficient (Wildman–Crippen LogP) is 2.62. The van der Waals surface area contributed by atoms with Gasteiger partial charge in [0.15, 0.2) is 0 Å². The Balaban J connectivity index is 1.50. The number of rotatable bonds is 11. The Morgan fingerprint density at radius 3 is 1.51 bits per heavy atom. The standard InChI is InChI=1S/C29H54O8/c1-16-11-35-26(9-31)23(17(16)2)12-33-15-29-22(7)19(4)24(27(10-32)37-29)13-34-14-28-21(6)18(3)20(5)25(8-30)36-28/h16-32H,8-15H2,1-7H3. The fourth-order valence-electron chi connectivity index (χ4n) is 6.57. The summed E-state index contributed by atoms with van der Waals surface area (Å²) in [6.07, 6.45) is -0.803. The highest BCUT2D eigenvalue weighted by Gasteiger charge is 2.43. The number of hydrogen-bond donors (Lipinski definition) is 3. The lowest BCUT2D eigenvalue weighted by atomic mass is 9.75. The minimum Gasteiger partial charge on any atom is -0.394 e. The van der Waals surface area contributed by atoms with E-state index in [9.17, 15) is 15.3 Å². The van der Waals surface area contributed by atoms with Gasteiger partial charge >= 0.3 is 0 Å². The first-order chi connectivity index (χ1) is 17.6. The summed E-state index contributed by atoms with van der Waals surface area (Å²) in [5.74, 6) is 2.71. The third-order valence-electron chi connectivity index (χ3n) is 10.4. The van der Waals surface area contributed by atoms with Gasteiger partial charge in [-0.3, -0.25) is 0 Å². The molecule has 37 heavy (non-hydrogen) atoms. The van der Waals surface area contributed by atoms with Crippen LogP contribution in [-0.2, 0) is 23.7 Å². The Morgan fingerprint density at radius 2 is 0.973 bits per heavy atom. The first-order valence-electron chi connectivity index (χ1n) is 14.5. The highest BCUT2D eigenvalue weighted by atomic mass is 16.6. The topological polar surface area (TPSA) is 107 Å². The summed E-state index contributed by atoms with van der Waals surface area (Å²) in [5, 5.41) is 29.6. The maximum atomic E-state index is 10.1. The molecule has 0 aromatic carbocycles. The molecule has 0 saturated carbocycles. The van der Waals surface area contributed by atoms with Crippen LogP contribution in [0.2, 0.25) is 0 Å². The van der Waals surface area contributed by atoms with Crippen LogP contribution in [0.5, 0.6) is 0 Å². The van der Waals surface area contributed by atoms with Crippen molar-refractivity contribution in [2.45, 2.75) is 79.0 Å². The molecule has 14 atom stereocenters.